The Morgan fingerprint density at radius 3 is 2.46 bits per heavy atom. The average Bonchev–Trinajstić information content (AvgIpc) is 2.61. The lowest BCUT2D eigenvalue weighted by Gasteiger charge is -2.14. The number of aliphatic imine (C=N–C) groups is 1. The van der Waals surface area contributed by atoms with E-state index >= 15 is 0 Å². The quantitative estimate of drug-likeness (QED) is 0.649. The van der Waals surface area contributed by atoms with Gasteiger partial charge in [0.1, 0.15) is 11.3 Å². The number of ether oxygens (including phenoxy) is 2. The molecule has 1 atom stereocenters. The molecule has 8 nitrogen and oxygen atoms in total. The molecule has 2 aromatic rings. The fourth-order valence-corrected chi connectivity index (χ4v) is 2.03. The Kier molecular flexibility index (Phi) is 5.79. The molecule has 26 heavy (non-hydrogen) atoms. The fraction of sp³-hybridized carbons (Fsp3) is 0.167. The monoisotopic (exact) mass is 359 g/mol. The van der Waals surface area contributed by atoms with Crippen LogP contribution in [-0.2, 0) is 4.79 Å². The van der Waals surface area contributed by atoms with Crippen molar-refractivity contribution in [2.75, 3.05) is 7.11 Å². The van der Waals surface area contributed by atoms with E-state index in [0.29, 0.717) is 17.0 Å². The van der Waals surface area contributed by atoms with Gasteiger partial charge in [-0.05, 0) is 48.9 Å². The van der Waals surface area contributed by atoms with E-state index in [4.69, 9.17) is 19.7 Å². The second kappa shape index (κ2) is 8.02. The summed E-state index contributed by atoms with van der Waals surface area (Å²) in [6.07, 6.45) is 0.445. The lowest BCUT2D eigenvalue weighted by molar-refractivity contribution is -0.144. The maximum Gasteiger partial charge on any atom is 0.344 e. The zero-order valence-corrected chi connectivity index (χ0v) is 14.0. The van der Waals surface area contributed by atoms with Gasteiger partial charge in [0.2, 0.25) is 0 Å². The van der Waals surface area contributed by atoms with Crippen LogP contribution in [-0.4, -0.2) is 46.7 Å². The Balaban J connectivity index is 2.24. The molecule has 2 rings (SSSR count). The number of carboxylic acids is 2. The van der Waals surface area contributed by atoms with Gasteiger partial charge in [-0.2, -0.15) is 0 Å². The van der Waals surface area contributed by atoms with Crippen molar-refractivity contribution in [1.29, 1.82) is 0 Å². The van der Waals surface area contributed by atoms with Gasteiger partial charge in [-0.1, -0.05) is 0 Å². The van der Waals surface area contributed by atoms with Gasteiger partial charge < -0.3 is 24.8 Å². The van der Waals surface area contributed by atoms with E-state index in [9.17, 15) is 14.7 Å². The van der Waals surface area contributed by atoms with Crippen LogP contribution in [0.1, 0.15) is 22.8 Å². The molecule has 0 fully saturated rings. The summed E-state index contributed by atoms with van der Waals surface area (Å²) in [6, 6.07) is 8.78. The summed E-state index contributed by atoms with van der Waals surface area (Å²) in [6.45, 7) is 1.40. The molecule has 0 aromatic heterocycles. The summed E-state index contributed by atoms with van der Waals surface area (Å²) >= 11 is 0. The Labute approximate surface area is 149 Å². The molecule has 0 bridgehead atoms. The summed E-state index contributed by atoms with van der Waals surface area (Å²) < 4.78 is 10.5. The standard InChI is InChI=1S/C18H17NO7/c1-10(17(21)22)26-15-6-3-11(7-16(15)25-2)9-19-12-4-5-14(20)13(8-12)18(23)24/h3-10,20H,1-2H3,(H,21,22)(H,23,24)/t10-/m1/s1. The van der Waals surface area contributed by atoms with Crippen molar-refractivity contribution in [1.82, 2.24) is 0 Å². The molecular formula is C18H17NO7. The summed E-state index contributed by atoms with van der Waals surface area (Å²) in [5.74, 6) is -2.09. The first kappa shape index (κ1) is 18.8. The summed E-state index contributed by atoms with van der Waals surface area (Å²) in [5.41, 5.74) is 0.727. The number of hydrogen-bond acceptors (Lipinski definition) is 6. The van der Waals surface area contributed by atoms with Crippen LogP contribution in [0, 0.1) is 0 Å². The number of hydrogen-bond donors (Lipinski definition) is 3. The van der Waals surface area contributed by atoms with Crippen LogP contribution in [0.4, 0.5) is 5.69 Å². The third-order valence-electron chi connectivity index (χ3n) is 3.41. The summed E-state index contributed by atoms with van der Waals surface area (Å²) in [5, 5.41) is 27.4. The first-order valence-corrected chi connectivity index (χ1v) is 7.49. The first-order valence-electron chi connectivity index (χ1n) is 7.49. The third-order valence-corrected chi connectivity index (χ3v) is 3.41. The maximum absolute atomic E-state index is 11.0. The highest BCUT2D eigenvalue weighted by Gasteiger charge is 2.15. The Hall–Kier alpha value is -3.55. The van der Waals surface area contributed by atoms with Crippen LogP contribution >= 0.6 is 0 Å². The van der Waals surface area contributed by atoms with Crippen LogP contribution in [0.25, 0.3) is 0 Å². The van der Waals surface area contributed by atoms with Gasteiger partial charge in [-0.3, -0.25) is 4.99 Å². The minimum atomic E-state index is -1.25. The number of aliphatic carboxylic acids is 1. The number of phenols is 1. The van der Waals surface area contributed by atoms with Crippen molar-refractivity contribution in [3.63, 3.8) is 0 Å². The van der Waals surface area contributed by atoms with E-state index < -0.39 is 18.0 Å². The molecule has 0 amide bonds. The van der Waals surface area contributed by atoms with E-state index in [2.05, 4.69) is 4.99 Å². The predicted molar refractivity (Wildman–Crippen MR) is 93.0 cm³/mol. The van der Waals surface area contributed by atoms with Crippen LogP contribution in [0.3, 0.4) is 0 Å². The van der Waals surface area contributed by atoms with E-state index in [-0.39, 0.29) is 17.1 Å². The number of carbonyl (C=O) groups is 2. The predicted octanol–water partition coefficient (Wildman–Crippen LogP) is 2.70. The minimum Gasteiger partial charge on any atom is -0.507 e. The van der Waals surface area contributed by atoms with Crippen LogP contribution in [0.2, 0.25) is 0 Å². The number of benzene rings is 2. The third kappa shape index (κ3) is 4.50. The second-order valence-corrected chi connectivity index (χ2v) is 5.27. The largest absolute Gasteiger partial charge is 0.507 e. The van der Waals surface area contributed by atoms with Gasteiger partial charge in [0.15, 0.2) is 17.6 Å². The SMILES string of the molecule is COc1cc(C=Nc2ccc(O)c(C(=O)O)c2)ccc1O[C@H](C)C(=O)O. The number of methoxy groups -OCH3 is 1. The number of carboxylic acid groups (broad SMARTS) is 2. The molecule has 0 saturated heterocycles. The van der Waals surface area contributed by atoms with Crippen LogP contribution < -0.4 is 9.47 Å². The smallest absolute Gasteiger partial charge is 0.344 e. The normalized spacial score (nSPS) is 11.9. The van der Waals surface area contributed by atoms with Crippen molar-refractivity contribution in [3.8, 4) is 17.2 Å². The highest BCUT2D eigenvalue weighted by atomic mass is 16.5. The number of aromatic hydroxyl groups is 1. The fourth-order valence-electron chi connectivity index (χ4n) is 2.03. The van der Waals surface area contributed by atoms with Gasteiger partial charge in [-0.25, -0.2) is 9.59 Å². The molecule has 0 aliphatic carbocycles. The Morgan fingerprint density at radius 1 is 1.12 bits per heavy atom. The maximum atomic E-state index is 11.0. The highest BCUT2D eigenvalue weighted by molar-refractivity contribution is 5.92. The van der Waals surface area contributed by atoms with Crippen molar-refractivity contribution in [2.24, 2.45) is 4.99 Å². The molecule has 0 radical (unpaired) electrons. The average molecular weight is 359 g/mol. The van der Waals surface area contributed by atoms with Crippen molar-refractivity contribution >= 4 is 23.8 Å². The van der Waals surface area contributed by atoms with Crippen LogP contribution in [0.5, 0.6) is 17.2 Å². The second-order valence-electron chi connectivity index (χ2n) is 5.27. The molecule has 3 N–H and O–H groups in total. The molecule has 2 aromatic carbocycles. The summed E-state index contributed by atoms with van der Waals surface area (Å²) in [4.78, 5) is 26.1. The van der Waals surface area contributed by atoms with Crippen molar-refractivity contribution in [3.05, 3.63) is 47.5 Å². The molecule has 0 unspecified atom stereocenters. The Bertz CT molecular complexity index is 861. The van der Waals surface area contributed by atoms with Gasteiger partial charge in [0, 0.05) is 6.21 Å². The van der Waals surface area contributed by atoms with E-state index in [1.807, 2.05) is 0 Å². The van der Waals surface area contributed by atoms with E-state index in [1.54, 1.807) is 18.2 Å². The lowest BCUT2D eigenvalue weighted by Crippen LogP contribution is -2.23. The Morgan fingerprint density at radius 2 is 1.85 bits per heavy atom. The van der Waals surface area contributed by atoms with Gasteiger partial charge in [0.05, 0.1) is 12.8 Å². The van der Waals surface area contributed by atoms with Gasteiger partial charge in [-0.15, -0.1) is 0 Å². The van der Waals surface area contributed by atoms with Gasteiger partial charge in [0.25, 0.3) is 0 Å². The van der Waals surface area contributed by atoms with Gasteiger partial charge >= 0.3 is 11.9 Å². The summed E-state index contributed by atoms with van der Waals surface area (Å²) in [7, 11) is 1.42. The molecular weight excluding hydrogens is 342 g/mol. The van der Waals surface area contributed by atoms with Crippen LogP contribution in [0.15, 0.2) is 41.4 Å². The molecule has 0 saturated carbocycles. The minimum absolute atomic E-state index is 0.247. The zero-order chi connectivity index (χ0) is 19.3. The number of rotatable bonds is 7. The molecule has 0 heterocycles. The lowest BCUT2D eigenvalue weighted by atomic mass is 10.1. The van der Waals surface area contributed by atoms with E-state index in [1.165, 1.54) is 38.4 Å². The van der Waals surface area contributed by atoms with E-state index in [0.717, 1.165) is 0 Å². The highest BCUT2D eigenvalue weighted by Crippen LogP contribution is 2.29. The number of nitrogens with zero attached hydrogens (tertiary/aromatic N) is 1. The molecule has 0 aliphatic heterocycles. The molecule has 0 spiro atoms. The van der Waals surface area contributed by atoms with Crippen molar-refractivity contribution < 1.29 is 34.4 Å². The topological polar surface area (TPSA) is 126 Å². The number of aromatic carboxylic acids is 1. The van der Waals surface area contributed by atoms with Crippen molar-refractivity contribution in [2.45, 2.75) is 13.0 Å². The molecule has 0 aliphatic rings. The molecule has 8 heteroatoms. The molecule has 136 valence electrons. The zero-order valence-electron chi connectivity index (χ0n) is 14.0. The first-order chi connectivity index (χ1) is 12.3.